The van der Waals surface area contributed by atoms with Crippen molar-refractivity contribution in [2.24, 2.45) is 0 Å². The van der Waals surface area contributed by atoms with Crippen LogP contribution in [0.1, 0.15) is 31.3 Å². The van der Waals surface area contributed by atoms with Crippen LogP contribution in [-0.2, 0) is 4.79 Å². The minimum absolute atomic E-state index is 0.159. The lowest BCUT2D eigenvalue weighted by Crippen LogP contribution is -2.49. The molecule has 0 saturated heterocycles. The summed E-state index contributed by atoms with van der Waals surface area (Å²) in [5.41, 5.74) is 2.87. The molecule has 1 aliphatic rings. The third-order valence-corrected chi connectivity index (χ3v) is 7.00. The van der Waals surface area contributed by atoms with E-state index in [2.05, 4.69) is 9.88 Å². The first kappa shape index (κ1) is 24.0. The van der Waals surface area contributed by atoms with E-state index >= 15 is 0 Å². The van der Waals surface area contributed by atoms with E-state index in [9.17, 15) is 9.59 Å². The number of hydrogen-bond acceptors (Lipinski definition) is 3. The summed E-state index contributed by atoms with van der Waals surface area (Å²) >= 11 is 12.4. The number of para-hydroxylation sites is 2. The number of nitrogens with one attached hydrogen (secondary N) is 1. The van der Waals surface area contributed by atoms with Crippen LogP contribution in [0.2, 0.25) is 10.0 Å². The van der Waals surface area contributed by atoms with Gasteiger partial charge in [0.2, 0.25) is 5.91 Å². The molecule has 0 bridgehead atoms. The molecule has 9 heteroatoms. The standard InChI is InChI=1S/C27H24Cl2N4O3/c1-17(2)32(27(35)30-19-9-5-8-18(28)25(19)29)16-24(34)33-21-11-4-3-10-20(21)31-14-6-12-22(31)26(33)23-13-7-15-36-23/h3-15,17,26H,16H2,1-2H3,(H,30,35). The molecule has 1 atom stereocenters. The Morgan fingerprint density at radius 2 is 1.78 bits per heavy atom. The molecule has 0 spiro atoms. The third kappa shape index (κ3) is 4.25. The molecular formula is C27H24Cl2N4O3. The average Bonchev–Trinajstić information content (AvgIpc) is 3.57. The van der Waals surface area contributed by atoms with Crippen molar-refractivity contribution in [2.75, 3.05) is 16.8 Å². The zero-order chi connectivity index (χ0) is 25.4. The normalized spacial score (nSPS) is 14.4. The summed E-state index contributed by atoms with van der Waals surface area (Å²) in [5.74, 6) is 0.376. The smallest absolute Gasteiger partial charge is 0.322 e. The minimum Gasteiger partial charge on any atom is -0.467 e. The van der Waals surface area contributed by atoms with Gasteiger partial charge in [0.25, 0.3) is 0 Å². The van der Waals surface area contributed by atoms with E-state index in [1.807, 2.05) is 62.5 Å². The molecule has 1 N–H and O–H groups in total. The topological polar surface area (TPSA) is 70.7 Å². The average molecular weight is 523 g/mol. The fourth-order valence-electron chi connectivity index (χ4n) is 4.48. The second kappa shape index (κ2) is 9.76. The van der Waals surface area contributed by atoms with Gasteiger partial charge in [-0.1, -0.05) is 41.4 Å². The number of anilines is 2. The van der Waals surface area contributed by atoms with Gasteiger partial charge in [0, 0.05) is 12.2 Å². The largest absolute Gasteiger partial charge is 0.467 e. The van der Waals surface area contributed by atoms with Crippen molar-refractivity contribution >= 4 is 46.5 Å². The van der Waals surface area contributed by atoms with Crippen LogP contribution in [0.4, 0.5) is 16.2 Å². The summed E-state index contributed by atoms with van der Waals surface area (Å²) in [7, 11) is 0. The molecule has 3 heterocycles. The van der Waals surface area contributed by atoms with E-state index in [1.165, 1.54) is 4.90 Å². The monoisotopic (exact) mass is 522 g/mol. The second-order valence-corrected chi connectivity index (χ2v) is 9.51. The lowest BCUT2D eigenvalue weighted by Gasteiger charge is -2.38. The highest BCUT2D eigenvalue weighted by atomic mass is 35.5. The Hall–Kier alpha value is -3.68. The Morgan fingerprint density at radius 1 is 1.00 bits per heavy atom. The van der Waals surface area contributed by atoms with Crippen LogP contribution < -0.4 is 10.2 Å². The fraction of sp³-hybridized carbons (Fsp3) is 0.185. The van der Waals surface area contributed by atoms with Crippen LogP contribution in [0.5, 0.6) is 0 Å². The van der Waals surface area contributed by atoms with Gasteiger partial charge in [-0.25, -0.2) is 4.79 Å². The summed E-state index contributed by atoms with van der Waals surface area (Å²) in [6.07, 6.45) is 3.56. The van der Waals surface area contributed by atoms with Gasteiger partial charge in [-0.3, -0.25) is 9.69 Å². The molecule has 0 aliphatic carbocycles. The van der Waals surface area contributed by atoms with Crippen LogP contribution in [0.3, 0.4) is 0 Å². The summed E-state index contributed by atoms with van der Waals surface area (Å²) in [5, 5.41) is 3.36. The molecule has 1 aliphatic heterocycles. The molecule has 5 rings (SSSR count). The Morgan fingerprint density at radius 3 is 2.50 bits per heavy atom. The highest BCUT2D eigenvalue weighted by Gasteiger charge is 2.38. The van der Waals surface area contributed by atoms with Crippen LogP contribution >= 0.6 is 23.2 Å². The van der Waals surface area contributed by atoms with E-state index in [1.54, 1.807) is 35.4 Å². The minimum atomic E-state index is -0.489. The summed E-state index contributed by atoms with van der Waals surface area (Å²) < 4.78 is 7.83. The Bertz CT molecular complexity index is 1410. The van der Waals surface area contributed by atoms with E-state index in [-0.39, 0.29) is 23.5 Å². The van der Waals surface area contributed by atoms with Crippen molar-refractivity contribution in [3.63, 3.8) is 0 Å². The predicted octanol–water partition coefficient (Wildman–Crippen LogP) is 6.76. The fourth-order valence-corrected chi connectivity index (χ4v) is 4.82. The maximum absolute atomic E-state index is 14.0. The molecule has 0 radical (unpaired) electrons. The van der Waals surface area contributed by atoms with Gasteiger partial charge in [-0.05, 0) is 62.4 Å². The lowest BCUT2D eigenvalue weighted by atomic mass is 10.0. The molecule has 2 aromatic carbocycles. The lowest BCUT2D eigenvalue weighted by molar-refractivity contribution is -0.120. The SMILES string of the molecule is CC(C)N(CC(=O)N1c2ccccc2-n2cccc2C1c1ccco1)C(=O)Nc1cccc(Cl)c1Cl. The van der Waals surface area contributed by atoms with Gasteiger partial charge in [-0.15, -0.1) is 0 Å². The highest BCUT2D eigenvalue weighted by molar-refractivity contribution is 6.44. The van der Waals surface area contributed by atoms with Crippen molar-refractivity contribution in [2.45, 2.75) is 25.9 Å². The van der Waals surface area contributed by atoms with Gasteiger partial charge < -0.3 is 19.2 Å². The number of halogens is 2. The van der Waals surface area contributed by atoms with E-state index in [0.717, 1.165) is 17.1 Å². The number of urea groups is 1. The highest BCUT2D eigenvalue weighted by Crippen LogP contribution is 2.42. The summed E-state index contributed by atoms with van der Waals surface area (Å²) in [6.45, 7) is 3.55. The van der Waals surface area contributed by atoms with Crippen molar-refractivity contribution in [1.29, 1.82) is 0 Å². The number of nitrogens with zero attached hydrogens (tertiary/aromatic N) is 3. The van der Waals surface area contributed by atoms with Crippen molar-refractivity contribution < 1.29 is 14.0 Å². The maximum Gasteiger partial charge on any atom is 0.322 e. The number of carbonyl (C=O) groups excluding carboxylic acids is 2. The molecule has 36 heavy (non-hydrogen) atoms. The van der Waals surface area contributed by atoms with E-state index in [0.29, 0.717) is 16.5 Å². The Kier molecular flexibility index (Phi) is 6.51. The van der Waals surface area contributed by atoms with Gasteiger partial charge in [0.1, 0.15) is 18.3 Å². The molecule has 1 unspecified atom stereocenters. The summed E-state index contributed by atoms with van der Waals surface area (Å²) in [4.78, 5) is 30.4. The van der Waals surface area contributed by atoms with Crippen LogP contribution in [0.15, 0.2) is 83.6 Å². The first-order chi connectivity index (χ1) is 17.4. The molecule has 4 aromatic rings. The van der Waals surface area contributed by atoms with Crippen molar-refractivity contribution in [3.05, 3.63) is 101 Å². The number of furan rings is 1. The number of benzene rings is 2. The Labute approximate surface area is 218 Å². The van der Waals surface area contributed by atoms with Crippen molar-refractivity contribution in [1.82, 2.24) is 9.47 Å². The van der Waals surface area contributed by atoms with Gasteiger partial charge in [-0.2, -0.15) is 0 Å². The molecule has 184 valence electrons. The zero-order valence-electron chi connectivity index (χ0n) is 19.7. The first-order valence-corrected chi connectivity index (χ1v) is 12.3. The number of amides is 3. The van der Waals surface area contributed by atoms with E-state index < -0.39 is 12.1 Å². The quantitative estimate of drug-likeness (QED) is 0.314. The van der Waals surface area contributed by atoms with Gasteiger partial charge >= 0.3 is 6.03 Å². The van der Waals surface area contributed by atoms with E-state index in [4.69, 9.17) is 27.6 Å². The van der Waals surface area contributed by atoms with Crippen molar-refractivity contribution in [3.8, 4) is 5.69 Å². The molecule has 2 aromatic heterocycles. The van der Waals surface area contributed by atoms with Gasteiger partial charge in [0.05, 0.1) is 39.1 Å². The summed E-state index contributed by atoms with van der Waals surface area (Å²) in [6, 6.07) is 19.0. The molecule has 3 amide bonds. The van der Waals surface area contributed by atoms with Crippen LogP contribution in [-0.4, -0.2) is 34.0 Å². The van der Waals surface area contributed by atoms with Gasteiger partial charge in [0.15, 0.2) is 0 Å². The third-order valence-electron chi connectivity index (χ3n) is 6.18. The van der Waals surface area contributed by atoms with Crippen LogP contribution in [0.25, 0.3) is 5.69 Å². The van der Waals surface area contributed by atoms with Crippen LogP contribution in [0, 0.1) is 0 Å². The molecule has 7 nitrogen and oxygen atoms in total. The number of hydrogen-bond donors (Lipinski definition) is 1. The number of aromatic nitrogens is 1. The Balaban J connectivity index is 1.49. The molecule has 0 saturated carbocycles. The first-order valence-electron chi connectivity index (χ1n) is 11.5. The zero-order valence-corrected chi connectivity index (χ0v) is 21.2. The molecule has 0 fully saturated rings. The second-order valence-electron chi connectivity index (χ2n) is 8.73. The maximum atomic E-state index is 14.0. The number of rotatable bonds is 5. The predicted molar refractivity (Wildman–Crippen MR) is 141 cm³/mol. The number of fused-ring (bicyclic) bond motifs is 3. The molecular weight excluding hydrogens is 499 g/mol. The number of carbonyl (C=O) groups is 2.